The Morgan fingerprint density at radius 2 is 1.38 bits per heavy atom. The van der Waals surface area contributed by atoms with Crippen LogP contribution in [0.3, 0.4) is 0 Å². The largest absolute Gasteiger partial charge is 0.460 e. The molecule has 11 heteroatoms. The second kappa shape index (κ2) is 7.52. The summed E-state index contributed by atoms with van der Waals surface area (Å²) in [5.41, 5.74) is 0.343. The zero-order valence-electron chi connectivity index (χ0n) is 12.2. The van der Waals surface area contributed by atoms with Gasteiger partial charge in [0.25, 0.3) is 0 Å². The molecule has 0 radical (unpaired) electrons. The second-order valence-corrected chi connectivity index (χ2v) is 8.32. The van der Waals surface area contributed by atoms with Gasteiger partial charge in [-0.2, -0.15) is 30.7 Å². The van der Waals surface area contributed by atoms with E-state index in [1.807, 2.05) is 0 Å². The first-order valence-corrected chi connectivity index (χ1v) is 9.30. The molecule has 0 bridgehead atoms. The molecule has 0 spiro atoms. The van der Waals surface area contributed by atoms with Crippen molar-refractivity contribution in [3.05, 3.63) is 50.4 Å². The molecule has 0 saturated carbocycles. The highest BCUT2D eigenvalue weighted by molar-refractivity contribution is 9.11. The summed E-state index contributed by atoms with van der Waals surface area (Å²) in [6, 6.07) is 8.22. The minimum absolute atomic E-state index is 0.0347. The van der Waals surface area contributed by atoms with Crippen molar-refractivity contribution in [2.75, 3.05) is 0 Å². The Morgan fingerprint density at radius 3 is 1.88 bits per heavy atom. The van der Waals surface area contributed by atoms with Gasteiger partial charge in [0.1, 0.15) is 0 Å². The SMILES string of the molecule is FC(F)(F)C(F)(F)C(F)(F)Sc1cc(Br)cc(Br)c1-c1ccc(Cl)cc1. The molecule has 0 unspecified atom stereocenters. The minimum atomic E-state index is -6.40. The van der Waals surface area contributed by atoms with Crippen molar-refractivity contribution in [3.8, 4) is 11.1 Å². The lowest BCUT2D eigenvalue weighted by molar-refractivity contribution is -0.330. The van der Waals surface area contributed by atoms with Crippen LogP contribution in [-0.4, -0.2) is 17.4 Å². The van der Waals surface area contributed by atoms with E-state index in [9.17, 15) is 30.7 Å². The van der Waals surface area contributed by atoms with Crippen LogP contribution in [0.1, 0.15) is 0 Å². The van der Waals surface area contributed by atoms with Crippen LogP contribution >= 0.6 is 55.2 Å². The predicted octanol–water partition coefficient (Wildman–Crippen LogP) is 8.41. The van der Waals surface area contributed by atoms with Crippen LogP contribution in [-0.2, 0) is 0 Å². The van der Waals surface area contributed by atoms with Crippen molar-refractivity contribution in [2.24, 2.45) is 0 Å². The van der Waals surface area contributed by atoms with Gasteiger partial charge < -0.3 is 0 Å². The monoisotopic (exact) mass is 544 g/mol. The quantitative estimate of drug-likeness (QED) is 0.274. The van der Waals surface area contributed by atoms with Crippen molar-refractivity contribution in [1.82, 2.24) is 0 Å². The van der Waals surface area contributed by atoms with E-state index in [0.717, 1.165) is 6.07 Å². The van der Waals surface area contributed by atoms with Crippen LogP contribution in [0.15, 0.2) is 50.2 Å². The highest BCUT2D eigenvalue weighted by atomic mass is 79.9. The van der Waals surface area contributed by atoms with Gasteiger partial charge in [-0.15, -0.1) is 0 Å². The Balaban J connectivity index is 2.58. The first kappa shape index (κ1) is 21.8. The molecule has 0 atom stereocenters. The van der Waals surface area contributed by atoms with E-state index in [2.05, 4.69) is 31.9 Å². The van der Waals surface area contributed by atoms with Gasteiger partial charge in [0, 0.05) is 24.4 Å². The smallest absolute Gasteiger partial charge is 0.188 e. The molecule has 0 aromatic heterocycles. The number of thioether (sulfide) groups is 1. The van der Waals surface area contributed by atoms with E-state index < -0.39 is 34.0 Å². The molecule has 2 aromatic carbocycles. The topological polar surface area (TPSA) is 0 Å². The van der Waals surface area contributed by atoms with E-state index >= 15 is 0 Å². The van der Waals surface area contributed by atoms with Gasteiger partial charge in [-0.05, 0) is 41.6 Å². The first-order valence-electron chi connectivity index (χ1n) is 6.52. The molecule has 2 aromatic rings. The van der Waals surface area contributed by atoms with Gasteiger partial charge in [0.2, 0.25) is 0 Å². The van der Waals surface area contributed by atoms with Crippen LogP contribution in [0.4, 0.5) is 30.7 Å². The summed E-state index contributed by atoms with van der Waals surface area (Å²) >= 11 is 11.0. The van der Waals surface area contributed by atoms with Gasteiger partial charge in [0.05, 0.1) is 0 Å². The third kappa shape index (κ3) is 4.34. The number of benzene rings is 2. The molecule has 0 N–H and O–H groups in total. The lowest BCUT2D eigenvalue weighted by atomic mass is 10.1. The van der Waals surface area contributed by atoms with Crippen LogP contribution < -0.4 is 0 Å². The summed E-state index contributed by atoms with van der Waals surface area (Å²) in [4.78, 5) is -0.470. The Labute approximate surface area is 169 Å². The molecule has 26 heavy (non-hydrogen) atoms. The summed E-state index contributed by atoms with van der Waals surface area (Å²) in [5, 5.41) is -5.09. The average Bonchev–Trinajstić information content (AvgIpc) is 2.46. The standard InChI is InChI=1S/C15H6Br2ClF7S/c16-8-5-10(17)12(7-1-3-9(18)4-2-7)11(6-8)26-15(24,25)13(19,20)14(21,22)23/h1-6H. The molecule has 0 heterocycles. The first-order chi connectivity index (χ1) is 11.8. The lowest BCUT2D eigenvalue weighted by Gasteiger charge is -2.28. The predicted molar refractivity (Wildman–Crippen MR) is 94.1 cm³/mol. The van der Waals surface area contributed by atoms with Crippen LogP contribution in [0.2, 0.25) is 5.02 Å². The summed E-state index contributed by atoms with van der Waals surface area (Å²) in [7, 11) is 0. The number of alkyl halides is 7. The second-order valence-electron chi connectivity index (χ2n) is 4.96. The zero-order valence-corrected chi connectivity index (χ0v) is 16.9. The molecule has 0 aliphatic rings. The fourth-order valence-electron chi connectivity index (χ4n) is 1.89. The Morgan fingerprint density at radius 1 is 0.846 bits per heavy atom. The summed E-state index contributed by atoms with van der Waals surface area (Å²) in [6.45, 7) is 0. The third-order valence-electron chi connectivity index (χ3n) is 3.11. The highest BCUT2D eigenvalue weighted by Crippen LogP contribution is 2.56. The van der Waals surface area contributed by atoms with Crippen molar-refractivity contribution in [2.45, 2.75) is 22.2 Å². The van der Waals surface area contributed by atoms with E-state index in [4.69, 9.17) is 11.6 Å². The molecule has 0 amide bonds. The van der Waals surface area contributed by atoms with Gasteiger partial charge in [-0.3, -0.25) is 0 Å². The molecule has 142 valence electrons. The minimum Gasteiger partial charge on any atom is -0.188 e. The Kier molecular flexibility index (Phi) is 6.32. The maximum absolute atomic E-state index is 13.8. The number of hydrogen-bond donors (Lipinski definition) is 0. The summed E-state index contributed by atoms with van der Waals surface area (Å²) < 4.78 is 91.8. The molecule has 0 nitrogen and oxygen atoms in total. The molecule has 0 aliphatic heterocycles. The Hall–Kier alpha value is -0.450. The van der Waals surface area contributed by atoms with Gasteiger partial charge >= 0.3 is 17.4 Å². The number of rotatable bonds is 4. The van der Waals surface area contributed by atoms with Gasteiger partial charge in [-0.1, -0.05) is 55.6 Å². The number of halogens is 10. The van der Waals surface area contributed by atoms with Crippen LogP contribution in [0.25, 0.3) is 11.1 Å². The molecular weight excluding hydrogens is 540 g/mol. The van der Waals surface area contributed by atoms with E-state index in [-0.39, 0.29) is 14.5 Å². The molecule has 2 rings (SSSR count). The molecule has 0 aliphatic carbocycles. The molecule has 0 saturated heterocycles. The normalized spacial score (nSPS) is 13.2. The highest BCUT2D eigenvalue weighted by Gasteiger charge is 2.73. The van der Waals surface area contributed by atoms with Crippen LogP contribution in [0, 0.1) is 0 Å². The number of hydrogen-bond acceptors (Lipinski definition) is 1. The fraction of sp³-hybridized carbons (Fsp3) is 0.200. The zero-order chi connectivity index (χ0) is 19.9. The van der Waals surface area contributed by atoms with Gasteiger partial charge in [0.15, 0.2) is 0 Å². The van der Waals surface area contributed by atoms with Crippen molar-refractivity contribution in [1.29, 1.82) is 0 Å². The van der Waals surface area contributed by atoms with Crippen molar-refractivity contribution < 1.29 is 30.7 Å². The summed E-state index contributed by atoms with van der Waals surface area (Å²) in [5.74, 6) is -6.21. The maximum Gasteiger partial charge on any atom is 0.460 e. The molecular formula is C15H6Br2ClF7S. The van der Waals surface area contributed by atoms with E-state index in [1.165, 1.54) is 30.3 Å². The summed E-state index contributed by atoms with van der Waals surface area (Å²) in [6.07, 6.45) is -6.40. The molecule has 0 fully saturated rings. The lowest BCUT2D eigenvalue weighted by Crippen LogP contribution is -2.49. The van der Waals surface area contributed by atoms with Crippen molar-refractivity contribution in [3.63, 3.8) is 0 Å². The maximum atomic E-state index is 13.8. The van der Waals surface area contributed by atoms with Gasteiger partial charge in [-0.25, -0.2) is 0 Å². The fourth-order valence-corrected chi connectivity index (χ4v) is 4.79. The van der Waals surface area contributed by atoms with Crippen molar-refractivity contribution >= 4 is 55.2 Å². The third-order valence-corrected chi connectivity index (χ3v) is 5.50. The van der Waals surface area contributed by atoms with E-state index in [0.29, 0.717) is 10.6 Å². The Bertz CT molecular complexity index is 807. The van der Waals surface area contributed by atoms with E-state index in [1.54, 1.807) is 0 Å². The average molecular weight is 547 g/mol. The van der Waals surface area contributed by atoms with Crippen LogP contribution in [0.5, 0.6) is 0 Å².